The van der Waals surface area contributed by atoms with E-state index in [4.69, 9.17) is 20.7 Å². The molecule has 0 amide bonds. The number of nitrogens with two attached hydrogens (primary N) is 1. The Balaban J connectivity index is 2.34. The average molecular weight is 297 g/mol. The van der Waals surface area contributed by atoms with Crippen molar-refractivity contribution in [1.82, 2.24) is 19.1 Å². The van der Waals surface area contributed by atoms with E-state index >= 15 is 0 Å². The van der Waals surface area contributed by atoms with Crippen LogP contribution in [0.15, 0.2) is 11.1 Å². The lowest BCUT2D eigenvalue weighted by Gasteiger charge is -2.13. The second kappa shape index (κ2) is 6.66. The SMILES string of the molecule is CCCn1c(N)nc2c(ncn2COC(CO)CO)c1=O. The van der Waals surface area contributed by atoms with Crippen molar-refractivity contribution in [3.63, 3.8) is 0 Å². The third-order valence-electron chi connectivity index (χ3n) is 3.06. The van der Waals surface area contributed by atoms with Crippen LogP contribution in [-0.2, 0) is 18.0 Å². The van der Waals surface area contributed by atoms with Crippen molar-refractivity contribution in [3.05, 3.63) is 16.7 Å². The van der Waals surface area contributed by atoms with E-state index in [1.165, 1.54) is 15.5 Å². The van der Waals surface area contributed by atoms with Crippen molar-refractivity contribution < 1.29 is 14.9 Å². The zero-order chi connectivity index (χ0) is 15.4. The molecule has 0 aromatic carbocycles. The summed E-state index contributed by atoms with van der Waals surface area (Å²) in [7, 11) is 0. The van der Waals surface area contributed by atoms with Gasteiger partial charge in [-0.2, -0.15) is 4.98 Å². The molecule has 116 valence electrons. The highest BCUT2D eigenvalue weighted by atomic mass is 16.5. The zero-order valence-corrected chi connectivity index (χ0v) is 11.8. The number of nitrogens with zero attached hydrogens (tertiary/aromatic N) is 4. The van der Waals surface area contributed by atoms with Gasteiger partial charge in [0.1, 0.15) is 12.8 Å². The van der Waals surface area contributed by atoms with Gasteiger partial charge in [-0.15, -0.1) is 0 Å². The molecule has 0 aliphatic carbocycles. The van der Waals surface area contributed by atoms with E-state index in [9.17, 15) is 4.79 Å². The van der Waals surface area contributed by atoms with Gasteiger partial charge in [0.25, 0.3) is 5.56 Å². The first-order valence-corrected chi connectivity index (χ1v) is 6.66. The highest BCUT2D eigenvalue weighted by Gasteiger charge is 2.14. The highest BCUT2D eigenvalue weighted by Crippen LogP contribution is 2.09. The Morgan fingerprint density at radius 3 is 2.76 bits per heavy atom. The molecule has 0 fully saturated rings. The van der Waals surface area contributed by atoms with Gasteiger partial charge in [-0.05, 0) is 6.42 Å². The fourth-order valence-corrected chi connectivity index (χ4v) is 1.93. The standard InChI is InChI=1S/C12H19N5O4/c1-2-3-17-11(20)9-10(15-12(17)13)16(6-14-9)7-21-8(4-18)5-19/h6,8,18-19H,2-5,7H2,1H3,(H2,13,15). The van der Waals surface area contributed by atoms with Gasteiger partial charge >= 0.3 is 0 Å². The van der Waals surface area contributed by atoms with E-state index in [0.717, 1.165) is 6.42 Å². The largest absolute Gasteiger partial charge is 0.394 e. The van der Waals surface area contributed by atoms with Crippen LogP contribution in [0.1, 0.15) is 13.3 Å². The molecule has 4 N–H and O–H groups in total. The molecule has 2 aromatic heterocycles. The van der Waals surface area contributed by atoms with Crippen LogP contribution in [0.3, 0.4) is 0 Å². The van der Waals surface area contributed by atoms with Crippen LogP contribution in [0.5, 0.6) is 0 Å². The molecule has 0 aliphatic heterocycles. The second-order valence-electron chi connectivity index (χ2n) is 4.60. The van der Waals surface area contributed by atoms with Crippen molar-refractivity contribution in [3.8, 4) is 0 Å². The molecular weight excluding hydrogens is 278 g/mol. The Kier molecular flexibility index (Phi) is 4.89. The van der Waals surface area contributed by atoms with Gasteiger partial charge in [-0.1, -0.05) is 6.92 Å². The van der Waals surface area contributed by atoms with Crippen LogP contribution >= 0.6 is 0 Å². The van der Waals surface area contributed by atoms with Crippen LogP contribution in [0, 0.1) is 0 Å². The summed E-state index contributed by atoms with van der Waals surface area (Å²) in [6, 6.07) is 0. The summed E-state index contributed by atoms with van der Waals surface area (Å²) in [4.78, 5) is 20.5. The molecule has 0 radical (unpaired) electrons. The maximum absolute atomic E-state index is 12.2. The number of aromatic nitrogens is 4. The number of aliphatic hydroxyl groups is 2. The molecule has 0 spiro atoms. The van der Waals surface area contributed by atoms with Crippen molar-refractivity contribution in [2.45, 2.75) is 32.7 Å². The number of aliphatic hydroxyl groups excluding tert-OH is 2. The maximum atomic E-state index is 12.2. The molecule has 21 heavy (non-hydrogen) atoms. The second-order valence-corrected chi connectivity index (χ2v) is 4.60. The van der Waals surface area contributed by atoms with Crippen LogP contribution < -0.4 is 11.3 Å². The zero-order valence-electron chi connectivity index (χ0n) is 11.8. The highest BCUT2D eigenvalue weighted by molar-refractivity contribution is 5.70. The van der Waals surface area contributed by atoms with Gasteiger partial charge in [-0.3, -0.25) is 13.9 Å². The summed E-state index contributed by atoms with van der Waals surface area (Å²) in [5.74, 6) is 0.122. The van der Waals surface area contributed by atoms with Gasteiger partial charge in [0.05, 0.1) is 19.5 Å². The third kappa shape index (κ3) is 3.04. The first-order chi connectivity index (χ1) is 10.1. The molecule has 0 saturated heterocycles. The lowest BCUT2D eigenvalue weighted by molar-refractivity contribution is -0.0488. The lowest BCUT2D eigenvalue weighted by atomic mass is 10.4. The summed E-state index contributed by atoms with van der Waals surface area (Å²) in [5, 5.41) is 17.9. The number of rotatable bonds is 7. The minimum Gasteiger partial charge on any atom is -0.394 e. The third-order valence-corrected chi connectivity index (χ3v) is 3.06. The number of fused-ring (bicyclic) bond motifs is 1. The normalized spacial score (nSPS) is 11.6. The Bertz CT molecular complexity index is 661. The minimum atomic E-state index is -0.694. The van der Waals surface area contributed by atoms with Gasteiger partial charge in [-0.25, -0.2) is 4.98 Å². The predicted octanol–water partition coefficient (Wildman–Crippen LogP) is -1.09. The Hall–Kier alpha value is -1.97. The quantitative estimate of drug-likeness (QED) is 0.592. The Morgan fingerprint density at radius 1 is 1.43 bits per heavy atom. The first-order valence-electron chi connectivity index (χ1n) is 6.66. The number of hydrogen-bond acceptors (Lipinski definition) is 7. The number of anilines is 1. The molecular formula is C12H19N5O4. The lowest BCUT2D eigenvalue weighted by Crippen LogP contribution is -2.25. The molecule has 9 heteroatoms. The molecule has 0 saturated carbocycles. The van der Waals surface area contributed by atoms with E-state index in [1.807, 2.05) is 6.92 Å². The van der Waals surface area contributed by atoms with Gasteiger partial charge in [0, 0.05) is 6.54 Å². The first kappa shape index (κ1) is 15.4. The van der Waals surface area contributed by atoms with Crippen LogP contribution in [-0.4, -0.2) is 48.6 Å². The Labute approximate surface area is 120 Å². The molecule has 2 heterocycles. The summed E-state index contributed by atoms with van der Waals surface area (Å²) < 4.78 is 8.17. The molecule has 2 rings (SSSR count). The number of ether oxygens (including phenoxy) is 1. The molecule has 0 unspecified atom stereocenters. The van der Waals surface area contributed by atoms with Crippen molar-refractivity contribution in [2.24, 2.45) is 0 Å². The maximum Gasteiger partial charge on any atom is 0.283 e. The summed E-state index contributed by atoms with van der Waals surface area (Å²) >= 11 is 0. The van der Waals surface area contributed by atoms with Gasteiger partial charge in [0.15, 0.2) is 11.2 Å². The monoisotopic (exact) mass is 297 g/mol. The molecule has 9 nitrogen and oxygen atoms in total. The van der Waals surface area contributed by atoms with Crippen molar-refractivity contribution in [1.29, 1.82) is 0 Å². The molecule has 2 aromatic rings. The number of imidazole rings is 1. The van der Waals surface area contributed by atoms with E-state index in [0.29, 0.717) is 12.2 Å². The van der Waals surface area contributed by atoms with E-state index in [2.05, 4.69) is 9.97 Å². The number of nitrogen functional groups attached to an aromatic ring is 1. The van der Waals surface area contributed by atoms with Crippen LogP contribution in [0.2, 0.25) is 0 Å². The fourth-order valence-electron chi connectivity index (χ4n) is 1.93. The van der Waals surface area contributed by atoms with Crippen LogP contribution in [0.25, 0.3) is 11.2 Å². The van der Waals surface area contributed by atoms with E-state index in [-0.39, 0.29) is 37.0 Å². The van der Waals surface area contributed by atoms with E-state index in [1.54, 1.807) is 0 Å². The fraction of sp³-hybridized carbons (Fsp3) is 0.583. The smallest absolute Gasteiger partial charge is 0.283 e. The molecule has 0 bridgehead atoms. The van der Waals surface area contributed by atoms with Crippen molar-refractivity contribution in [2.75, 3.05) is 18.9 Å². The predicted molar refractivity (Wildman–Crippen MR) is 75.5 cm³/mol. The summed E-state index contributed by atoms with van der Waals surface area (Å²) in [5.41, 5.74) is 6.04. The molecule has 0 atom stereocenters. The summed E-state index contributed by atoms with van der Waals surface area (Å²) in [6.45, 7) is 1.82. The minimum absolute atomic E-state index is 0.00591. The summed E-state index contributed by atoms with van der Waals surface area (Å²) in [6.07, 6.45) is 1.48. The molecule has 0 aliphatic rings. The Morgan fingerprint density at radius 2 is 2.14 bits per heavy atom. The van der Waals surface area contributed by atoms with Gasteiger partial charge in [0.2, 0.25) is 5.95 Å². The van der Waals surface area contributed by atoms with Crippen molar-refractivity contribution >= 4 is 17.1 Å². The van der Waals surface area contributed by atoms with Gasteiger partial charge < -0.3 is 20.7 Å². The number of hydrogen-bond donors (Lipinski definition) is 3. The van der Waals surface area contributed by atoms with Crippen LogP contribution in [0.4, 0.5) is 5.95 Å². The average Bonchev–Trinajstić information content (AvgIpc) is 2.88. The topological polar surface area (TPSA) is 128 Å². The van der Waals surface area contributed by atoms with E-state index < -0.39 is 6.10 Å².